The molecule has 0 unspecified atom stereocenters. The Balaban J connectivity index is 2.55. The minimum absolute atomic E-state index is 0.413. The lowest BCUT2D eigenvalue weighted by Gasteiger charge is -2.46. The number of nitrogens with two attached hydrogens (primary N) is 1. The molecule has 0 amide bonds. The Morgan fingerprint density at radius 2 is 1.94 bits per heavy atom. The van der Waals surface area contributed by atoms with E-state index in [1.165, 1.54) is 38.6 Å². The van der Waals surface area contributed by atoms with Gasteiger partial charge < -0.3 is 10.5 Å². The molecule has 1 rings (SSSR count). The first-order valence-electron chi connectivity index (χ1n) is 7.14. The standard InChI is InChI=1S/C14H30N2O/c1-4-13(5-2)16(9-10-17-3)12-14(11-15)7-6-8-14/h13H,4-12,15H2,1-3H3. The van der Waals surface area contributed by atoms with Gasteiger partial charge in [0.15, 0.2) is 0 Å². The van der Waals surface area contributed by atoms with Gasteiger partial charge in [0.25, 0.3) is 0 Å². The van der Waals surface area contributed by atoms with Gasteiger partial charge in [0.1, 0.15) is 0 Å². The zero-order valence-electron chi connectivity index (χ0n) is 11.9. The maximum absolute atomic E-state index is 5.97. The lowest BCUT2D eigenvalue weighted by molar-refractivity contribution is 0.0327. The van der Waals surface area contributed by atoms with E-state index in [1.807, 2.05) is 0 Å². The van der Waals surface area contributed by atoms with E-state index in [9.17, 15) is 0 Å². The molecule has 0 aromatic rings. The normalized spacial score (nSPS) is 18.7. The van der Waals surface area contributed by atoms with Crippen molar-refractivity contribution in [2.75, 3.05) is 33.4 Å². The fraction of sp³-hybridized carbons (Fsp3) is 1.00. The predicted molar refractivity (Wildman–Crippen MR) is 73.2 cm³/mol. The minimum Gasteiger partial charge on any atom is -0.383 e. The predicted octanol–water partition coefficient (Wildman–Crippen LogP) is 2.25. The van der Waals surface area contributed by atoms with Crippen molar-refractivity contribution in [1.29, 1.82) is 0 Å². The topological polar surface area (TPSA) is 38.5 Å². The van der Waals surface area contributed by atoms with Crippen LogP contribution in [-0.4, -0.2) is 44.3 Å². The number of methoxy groups -OCH3 is 1. The summed E-state index contributed by atoms with van der Waals surface area (Å²) >= 11 is 0. The van der Waals surface area contributed by atoms with Crippen LogP contribution < -0.4 is 5.73 Å². The molecule has 0 saturated heterocycles. The fourth-order valence-corrected chi connectivity index (χ4v) is 2.94. The summed E-state index contributed by atoms with van der Waals surface area (Å²) in [4.78, 5) is 2.61. The highest BCUT2D eigenvalue weighted by Crippen LogP contribution is 2.41. The van der Waals surface area contributed by atoms with Crippen molar-refractivity contribution in [2.24, 2.45) is 11.1 Å². The second-order valence-corrected chi connectivity index (χ2v) is 5.49. The first-order valence-corrected chi connectivity index (χ1v) is 7.14. The molecule has 0 aromatic heterocycles. The summed E-state index contributed by atoms with van der Waals surface area (Å²) in [6.45, 7) is 8.45. The SMILES string of the molecule is CCC(CC)N(CCOC)CC1(CN)CCC1. The summed E-state index contributed by atoms with van der Waals surface area (Å²) in [6.07, 6.45) is 6.43. The zero-order valence-corrected chi connectivity index (χ0v) is 11.9. The average molecular weight is 242 g/mol. The van der Waals surface area contributed by atoms with Gasteiger partial charge >= 0.3 is 0 Å². The highest BCUT2D eigenvalue weighted by Gasteiger charge is 2.37. The summed E-state index contributed by atoms with van der Waals surface area (Å²) in [6, 6.07) is 0.689. The van der Waals surface area contributed by atoms with E-state index in [4.69, 9.17) is 10.5 Å². The van der Waals surface area contributed by atoms with E-state index in [0.717, 1.165) is 19.7 Å². The van der Waals surface area contributed by atoms with Gasteiger partial charge in [-0.3, -0.25) is 4.90 Å². The maximum atomic E-state index is 5.97. The monoisotopic (exact) mass is 242 g/mol. The number of ether oxygens (including phenoxy) is 1. The molecule has 102 valence electrons. The maximum Gasteiger partial charge on any atom is 0.0589 e. The smallest absolute Gasteiger partial charge is 0.0589 e. The highest BCUT2D eigenvalue weighted by molar-refractivity contribution is 4.92. The molecule has 0 aromatic carbocycles. The van der Waals surface area contributed by atoms with Crippen molar-refractivity contribution in [3.05, 3.63) is 0 Å². The number of nitrogens with zero attached hydrogens (tertiary/aromatic N) is 1. The van der Waals surface area contributed by atoms with Gasteiger partial charge in [-0.05, 0) is 37.6 Å². The van der Waals surface area contributed by atoms with E-state index in [-0.39, 0.29) is 0 Å². The van der Waals surface area contributed by atoms with Gasteiger partial charge in [-0.15, -0.1) is 0 Å². The molecule has 0 radical (unpaired) electrons. The van der Waals surface area contributed by atoms with Gasteiger partial charge in [-0.25, -0.2) is 0 Å². The van der Waals surface area contributed by atoms with E-state index < -0.39 is 0 Å². The Kier molecular flexibility index (Phi) is 6.45. The van der Waals surface area contributed by atoms with Crippen LogP contribution in [0.5, 0.6) is 0 Å². The third-order valence-electron chi connectivity index (χ3n) is 4.43. The van der Waals surface area contributed by atoms with Crippen LogP contribution in [0.25, 0.3) is 0 Å². The van der Waals surface area contributed by atoms with Crippen molar-refractivity contribution in [1.82, 2.24) is 4.90 Å². The van der Waals surface area contributed by atoms with Gasteiger partial charge in [0.05, 0.1) is 6.61 Å². The van der Waals surface area contributed by atoms with Gasteiger partial charge in [-0.2, -0.15) is 0 Å². The molecule has 0 bridgehead atoms. The lowest BCUT2D eigenvalue weighted by atomic mass is 9.68. The van der Waals surface area contributed by atoms with Crippen LogP contribution in [0.4, 0.5) is 0 Å². The van der Waals surface area contributed by atoms with Crippen molar-refractivity contribution in [3.8, 4) is 0 Å². The average Bonchev–Trinajstić information content (AvgIpc) is 2.31. The number of hydrogen-bond acceptors (Lipinski definition) is 3. The summed E-state index contributed by atoms with van der Waals surface area (Å²) in [5, 5.41) is 0. The molecule has 0 heterocycles. The molecule has 0 aliphatic heterocycles. The molecule has 1 aliphatic carbocycles. The molecule has 0 spiro atoms. The summed E-state index contributed by atoms with van der Waals surface area (Å²) in [5.74, 6) is 0. The Labute approximate surface area is 107 Å². The van der Waals surface area contributed by atoms with E-state index in [2.05, 4.69) is 18.7 Å². The van der Waals surface area contributed by atoms with Crippen LogP contribution in [-0.2, 0) is 4.74 Å². The van der Waals surface area contributed by atoms with Gasteiger partial charge in [0, 0.05) is 26.2 Å². The van der Waals surface area contributed by atoms with Crippen LogP contribution in [0.1, 0.15) is 46.0 Å². The highest BCUT2D eigenvalue weighted by atomic mass is 16.5. The molecule has 17 heavy (non-hydrogen) atoms. The number of hydrogen-bond donors (Lipinski definition) is 1. The van der Waals surface area contributed by atoms with Crippen molar-refractivity contribution in [2.45, 2.75) is 52.0 Å². The Morgan fingerprint density at radius 1 is 1.29 bits per heavy atom. The van der Waals surface area contributed by atoms with Crippen molar-refractivity contribution in [3.63, 3.8) is 0 Å². The van der Waals surface area contributed by atoms with Crippen molar-refractivity contribution < 1.29 is 4.74 Å². The summed E-state index contributed by atoms with van der Waals surface area (Å²) in [5.41, 5.74) is 6.38. The van der Waals surface area contributed by atoms with Crippen LogP contribution >= 0.6 is 0 Å². The van der Waals surface area contributed by atoms with Crippen molar-refractivity contribution >= 4 is 0 Å². The molecule has 1 fully saturated rings. The van der Waals surface area contributed by atoms with E-state index in [1.54, 1.807) is 7.11 Å². The second kappa shape index (κ2) is 7.34. The molecule has 3 heteroatoms. The molecule has 1 aliphatic rings. The molecule has 2 N–H and O–H groups in total. The molecule has 0 atom stereocenters. The first kappa shape index (κ1) is 14.9. The Bertz CT molecular complexity index is 195. The summed E-state index contributed by atoms with van der Waals surface area (Å²) < 4.78 is 5.24. The zero-order chi connectivity index (χ0) is 12.7. The quantitative estimate of drug-likeness (QED) is 0.674. The van der Waals surface area contributed by atoms with E-state index >= 15 is 0 Å². The molecule has 3 nitrogen and oxygen atoms in total. The summed E-state index contributed by atoms with van der Waals surface area (Å²) in [7, 11) is 1.78. The van der Waals surface area contributed by atoms with Crippen LogP contribution in [0, 0.1) is 5.41 Å². The lowest BCUT2D eigenvalue weighted by Crippen LogP contribution is -2.50. The molecular weight excluding hydrogens is 212 g/mol. The van der Waals surface area contributed by atoms with Gasteiger partial charge in [0.2, 0.25) is 0 Å². The first-order chi connectivity index (χ1) is 8.21. The molecular formula is C14H30N2O. The minimum atomic E-state index is 0.413. The fourth-order valence-electron chi connectivity index (χ4n) is 2.94. The van der Waals surface area contributed by atoms with E-state index in [0.29, 0.717) is 11.5 Å². The van der Waals surface area contributed by atoms with Crippen LogP contribution in [0.3, 0.4) is 0 Å². The second-order valence-electron chi connectivity index (χ2n) is 5.49. The third-order valence-corrected chi connectivity index (χ3v) is 4.43. The van der Waals surface area contributed by atoms with Gasteiger partial charge in [-0.1, -0.05) is 20.3 Å². The molecule has 1 saturated carbocycles. The van der Waals surface area contributed by atoms with Crippen LogP contribution in [0.2, 0.25) is 0 Å². The largest absolute Gasteiger partial charge is 0.383 e. The third kappa shape index (κ3) is 3.94. The Morgan fingerprint density at radius 3 is 2.29 bits per heavy atom. The Hall–Kier alpha value is -0.120. The number of rotatable bonds is 9. The van der Waals surface area contributed by atoms with Crippen LogP contribution in [0.15, 0.2) is 0 Å².